The van der Waals surface area contributed by atoms with E-state index in [1.54, 1.807) is 45.0 Å². The van der Waals surface area contributed by atoms with Gasteiger partial charge >= 0.3 is 6.09 Å². The molecule has 3 rings (SSSR count). The van der Waals surface area contributed by atoms with Crippen LogP contribution in [0.5, 0.6) is 0 Å². The average Bonchev–Trinajstić information content (AvgIpc) is 2.83. The third kappa shape index (κ3) is 3.88. The van der Waals surface area contributed by atoms with E-state index in [1.807, 2.05) is 30.3 Å². The molecule has 1 aliphatic heterocycles. The van der Waals surface area contributed by atoms with Crippen molar-refractivity contribution < 1.29 is 19.4 Å². The highest BCUT2D eigenvalue weighted by atomic mass is 16.6. The number of ketones is 1. The number of amides is 1. The molecule has 0 spiro atoms. The lowest BCUT2D eigenvalue weighted by Gasteiger charge is -2.34. The topological polar surface area (TPSA) is 66.8 Å². The molecular weight excluding hydrogens is 342 g/mol. The Morgan fingerprint density at radius 3 is 2.37 bits per heavy atom. The standard InChI is InChI=1S/C22H25NO4/c1-21(2,3)27-20(25)23-18-14-8-7-13-17(18)19(24)22(23,26)15-9-12-16-10-5-4-6-11-16/h4-8,10-11,13-14,26H,9,12,15H2,1-3H3. The highest BCUT2D eigenvalue weighted by Gasteiger charge is 2.53. The Morgan fingerprint density at radius 1 is 1.07 bits per heavy atom. The fourth-order valence-electron chi connectivity index (χ4n) is 3.34. The Morgan fingerprint density at radius 2 is 1.70 bits per heavy atom. The van der Waals surface area contributed by atoms with Gasteiger partial charge in [-0.1, -0.05) is 42.5 Å². The van der Waals surface area contributed by atoms with E-state index >= 15 is 0 Å². The molecule has 1 amide bonds. The van der Waals surface area contributed by atoms with Gasteiger partial charge in [0.25, 0.3) is 0 Å². The van der Waals surface area contributed by atoms with Crippen LogP contribution in [0.15, 0.2) is 54.6 Å². The summed E-state index contributed by atoms with van der Waals surface area (Å²) in [6.07, 6.45) is 0.673. The molecule has 1 aliphatic rings. The quantitative estimate of drug-likeness (QED) is 0.873. The van der Waals surface area contributed by atoms with Gasteiger partial charge in [-0.05, 0) is 51.3 Å². The fourth-order valence-corrected chi connectivity index (χ4v) is 3.34. The second kappa shape index (κ2) is 7.16. The van der Waals surface area contributed by atoms with Crippen LogP contribution in [0.4, 0.5) is 10.5 Å². The Bertz CT molecular complexity index is 841. The maximum absolute atomic E-state index is 12.9. The van der Waals surface area contributed by atoms with Crippen LogP contribution in [0, 0.1) is 0 Å². The highest BCUT2D eigenvalue weighted by Crippen LogP contribution is 2.41. The van der Waals surface area contributed by atoms with Crippen LogP contribution in [0.1, 0.15) is 49.5 Å². The molecule has 1 atom stereocenters. The Hall–Kier alpha value is -2.66. The van der Waals surface area contributed by atoms with Crippen molar-refractivity contribution in [1.29, 1.82) is 0 Å². The van der Waals surface area contributed by atoms with E-state index in [0.717, 1.165) is 10.5 Å². The zero-order chi connectivity index (χ0) is 19.7. The van der Waals surface area contributed by atoms with Crippen LogP contribution in [-0.4, -0.2) is 28.3 Å². The molecule has 0 fully saturated rings. The molecule has 1 unspecified atom stereocenters. The molecule has 5 heteroatoms. The molecule has 0 saturated carbocycles. The first-order valence-corrected chi connectivity index (χ1v) is 9.16. The second-order valence-electron chi connectivity index (χ2n) is 7.82. The average molecular weight is 367 g/mol. The first-order valence-electron chi connectivity index (χ1n) is 9.16. The number of hydrogen-bond acceptors (Lipinski definition) is 4. The van der Waals surface area contributed by atoms with Gasteiger partial charge in [0.1, 0.15) is 5.60 Å². The molecule has 0 bridgehead atoms. The Balaban J connectivity index is 1.86. The van der Waals surface area contributed by atoms with Gasteiger partial charge < -0.3 is 9.84 Å². The van der Waals surface area contributed by atoms with Crippen molar-refractivity contribution in [3.05, 3.63) is 65.7 Å². The number of para-hydroxylation sites is 1. The number of aryl methyl sites for hydroxylation is 1. The first-order chi connectivity index (χ1) is 12.7. The van der Waals surface area contributed by atoms with E-state index in [4.69, 9.17) is 4.74 Å². The number of aliphatic hydroxyl groups is 1. The summed E-state index contributed by atoms with van der Waals surface area (Å²) in [4.78, 5) is 26.9. The van der Waals surface area contributed by atoms with Crippen LogP contribution in [-0.2, 0) is 11.2 Å². The number of fused-ring (bicyclic) bond motifs is 1. The summed E-state index contributed by atoms with van der Waals surface area (Å²) in [7, 11) is 0. The third-order valence-corrected chi connectivity index (χ3v) is 4.53. The van der Waals surface area contributed by atoms with E-state index in [2.05, 4.69) is 0 Å². The van der Waals surface area contributed by atoms with E-state index in [0.29, 0.717) is 24.1 Å². The number of hydrogen-bond donors (Lipinski definition) is 1. The van der Waals surface area contributed by atoms with Crippen LogP contribution in [0.25, 0.3) is 0 Å². The highest BCUT2D eigenvalue weighted by molar-refractivity contribution is 6.18. The lowest BCUT2D eigenvalue weighted by atomic mass is 9.97. The van der Waals surface area contributed by atoms with Crippen LogP contribution in [0.2, 0.25) is 0 Å². The number of carbonyl (C=O) groups is 2. The van der Waals surface area contributed by atoms with E-state index < -0.39 is 23.2 Å². The van der Waals surface area contributed by atoms with Crippen molar-refractivity contribution in [1.82, 2.24) is 0 Å². The molecule has 0 saturated heterocycles. The SMILES string of the molecule is CC(C)(C)OC(=O)N1c2ccccc2C(=O)C1(O)CCCc1ccccc1. The number of Topliss-reactive ketones (excluding diaryl/α,β-unsaturated/α-hetero) is 1. The van der Waals surface area contributed by atoms with E-state index in [1.165, 1.54) is 0 Å². The minimum absolute atomic E-state index is 0.134. The molecular formula is C22H25NO4. The monoisotopic (exact) mass is 367 g/mol. The summed E-state index contributed by atoms with van der Waals surface area (Å²) in [6, 6.07) is 16.6. The molecule has 1 heterocycles. The summed E-state index contributed by atoms with van der Waals surface area (Å²) in [6.45, 7) is 5.26. The number of carbonyl (C=O) groups excluding carboxylic acids is 2. The van der Waals surface area contributed by atoms with Gasteiger partial charge in [0.05, 0.1) is 5.69 Å². The minimum atomic E-state index is -1.93. The molecule has 2 aromatic carbocycles. The number of benzene rings is 2. The smallest absolute Gasteiger partial charge is 0.417 e. The van der Waals surface area contributed by atoms with Gasteiger partial charge in [-0.2, -0.15) is 0 Å². The van der Waals surface area contributed by atoms with Crippen molar-refractivity contribution in [3.63, 3.8) is 0 Å². The van der Waals surface area contributed by atoms with Crippen molar-refractivity contribution in [2.24, 2.45) is 0 Å². The summed E-state index contributed by atoms with van der Waals surface area (Å²) in [5.41, 5.74) is -0.818. The lowest BCUT2D eigenvalue weighted by Crippen LogP contribution is -2.54. The van der Waals surface area contributed by atoms with Crippen LogP contribution < -0.4 is 4.90 Å². The van der Waals surface area contributed by atoms with Gasteiger partial charge in [-0.3, -0.25) is 4.79 Å². The van der Waals surface area contributed by atoms with Crippen molar-refractivity contribution in [2.45, 2.75) is 51.4 Å². The number of rotatable bonds is 4. The molecule has 0 radical (unpaired) electrons. The van der Waals surface area contributed by atoms with Crippen LogP contribution in [0.3, 0.4) is 0 Å². The second-order valence-corrected chi connectivity index (χ2v) is 7.82. The number of anilines is 1. The van der Waals surface area contributed by atoms with Crippen LogP contribution >= 0.6 is 0 Å². The Labute approximate surface area is 159 Å². The molecule has 142 valence electrons. The number of nitrogens with zero attached hydrogens (tertiary/aromatic N) is 1. The predicted molar refractivity (Wildman–Crippen MR) is 104 cm³/mol. The number of ether oxygens (including phenoxy) is 1. The zero-order valence-corrected chi connectivity index (χ0v) is 15.9. The normalized spacial score (nSPS) is 19.1. The fraction of sp³-hybridized carbons (Fsp3) is 0.364. The largest absolute Gasteiger partial charge is 0.443 e. The van der Waals surface area contributed by atoms with Crippen molar-refractivity contribution in [2.75, 3.05) is 4.90 Å². The zero-order valence-electron chi connectivity index (χ0n) is 15.9. The van der Waals surface area contributed by atoms with Crippen molar-refractivity contribution >= 4 is 17.6 Å². The minimum Gasteiger partial charge on any atom is -0.443 e. The molecule has 1 N–H and O–H groups in total. The lowest BCUT2D eigenvalue weighted by molar-refractivity contribution is 0.0133. The maximum Gasteiger partial charge on any atom is 0.417 e. The molecule has 0 aromatic heterocycles. The van der Waals surface area contributed by atoms with E-state index in [-0.39, 0.29) is 6.42 Å². The molecule has 5 nitrogen and oxygen atoms in total. The first kappa shape index (κ1) is 19.1. The third-order valence-electron chi connectivity index (χ3n) is 4.53. The summed E-state index contributed by atoms with van der Waals surface area (Å²) < 4.78 is 5.46. The van der Waals surface area contributed by atoms with Gasteiger partial charge in [0, 0.05) is 12.0 Å². The summed E-state index contributed by atoms with van der Waals surface area (Å²) in [5.74, 6) is -0.461. The van der Waals surface area contributed by atoms with Gasteiger partial charge in [0.2, 0.25) is 11.5 Å². The van der Waals surface area contributed by atoms with Gasteiger partial charge in [-0.15, -0.1) is 0 Å². The maximum atomic E-state index is 12.9. The Kier molecular flexibility index (Phi) is 5.07. The summed E-state index contributed by atoms with van der Waals surface area (Å²) >= 11 is 0. The molecule has 2 aromatic rings. The molecule has 0 aliphatic carbocycles. The molecule has 27 heavy (non-hydrogen) atoms. The van der Waals surface area contributed by atoms with E-state index in [9.17, 15) is 14.7 Å². The van der Waals surface area contributed by atoms with Gasteiger partial charge in [0.15, 0.2) is 0 Å². The van der Waals surface area contributed by atoms with Gasteiger partial charge in [-0.25, -0.2) is 9.69 Å². The van der Waals surface area contributed by atoms with Crippen molar-refractivity contribution in [3.8, 4) is 0 Å². The predicted octanol–water partition coefficient (Wildman–Crippen LogP) is 4.34. The summed E-state index contributed by atoms with van der Waals surface area (Å²) in [5, 5.41) is 11.3.